The number of halogens is 2. The molecule has 0 radical (unpaired) electrons. The summed E-state index contributed by atoms with van der Waals surface area (Å²) in [4.78, 5) is 24.3. The summed E-state index contributed by atoms with van der Waals surface area (Å²) in [6, 6.07) is 10.2. The van der Waals surface area contributed by atoms with Gasteiger partial charge in [0.05, 0.1) is 22.5 Å². The van der Waals surface area contributed by atoms with E-state index in [-0.39, 0.29) is 27.2 Å². The molecule has 1 aromatic carbocycles. The van der Waals surface area contributed by atoms with Gasteiger partial charge < -0.3 is 5.32 Å². The summed E-state index contributed by atoms with van der Waals surface area (Å²) in [6.45, 7) is 2.24. The Morgan fingerprint density at radius 1 is 1.22 bits per heavy atom. The van der Waals surface area contributed by atoms with E-state index in [1.54, 1.807) is 31.2 Å². The predicted octanol–water partition coefficient (Wildman–Crippen LogP) is 2.95. The van der Waals surface area contributed by atoms with Crippen molar-refractivity contribution in [1.29, 1.82) is 5.26 Å². The van der Waals surface area contributed by atoms with Gasteiger partial charge in [0, 0.05) is 18.4 Å². The van der Waals surface area contributed by atoms with Crippen molar-refractivity contribution in [3.8, 4) is 17.4 Å². The zero-order valence-electron chi connectivity index (χ0n) is 14.1. The molecule has 0 unspecified atom stereocenters. The number of benzene rings is 1. The molecule has 2 aromatic heterocycles. The second kappa shape index (κ2) is 7.66. The number of rotatable bonds is 4. The second-order valence-electron chi connectivity index (χ2n) is 5.46. The van der Waals surface area contributed by atoms with E-state index in [1.165, 1.54) is 27.7 Å². The lowest BCUT2D eigenvalue weighted by Crippen LogP contribution is -2.23. The Kier molecular flexibility index (Phi) is 5.31. The van der Waals surface area contributed by atoms with Crippen molar-refractivity contribution in [2.45, 2.75) is 6.92 Å². The van der Waals surface area contributed by atoms with E-state index in [2.05, 4.69) is 10.4 Å². The van der Waals surface area contributed by atoms with Crippen molar-refractivity contribution in [3.63, 3.8) is 0 Å². The first-order valence-electron chi connectivity index (χ1n) is 7.91. The van der Waals surface area contributed by atoms with Crippen LogP contribution in [0.4, 0.5) is 0 Å². The van der Waals surface area contributed by atoms with Gasteiger partial charge in [0.2, 0.25) is 0 Å². The fraction of sp³-hybridized carbons (Fsp3) is 0.111. The molecule has 9 heteroatoms. The van der Waals surface area contributed by atoms with Crippen LogP contribution in [0.3, 0.4) is 0 Å². The number of pyridine rings is 1. The molecule has 3 aromatic rings. The molecular weight excluding hydrogens is 389 g/mol. The van der Waals surface area contributed by atoms with Gasteiger partial charge in [0.25, 0.3) is 11.5 Å². The van der Waals surface area contributed by atoms with E-state index in [0.717, 1.165) is 0 Å². The molecule has 3 rings (SSSR count). The molecule has 2 heterocycles. The highest BCUT2D eigenvalue weighted by molar-refractivity contribution is 6.41. The normalized spacial score (nSPS) is 10.4. The third-order valence-electron chi connectivity index (χ3n) is 3.82. The third kappa shape index (κ3) is 3.45. The monoisotopic (exact) mass is 401 g/mol. The summed E-state index contributed by atoms with van der Waals surface area (Å²) in [5.41, 5.74) is 1.02. The fourth-order valence-electron chi connectivity index (χ4n) is 2.52. The van der Waals surface area contributed by atoms with E-state index in [0.29, 0.717) is 17.9 Å². The standard InChI is InChI=1S/C18H13Cl2N5O2/c1-2-22-17(26)13-10-23-25(15(13)9-21)12-5-3-11(4-6-12)24-8-7-14(19)16(20)18(24)27/h3-8,10H,2H2,1H3,(H,22,26). The van der Waals surface area contributed by atoms with Gasteiger partial charge >= 0.3 is 0 Å². The van der Waals surface area contributed by atoms with Crippen LogP contribution in [0, 0.1) is 11.3 Å². The Bertz CT molecular complexity index is 1110. The molecule has 1 N–H and O–H groups in total. The van der Waals surface area contributed by atoms with Gasteiger partial charge in [0.1, 0.15) is 11.1 Å². The van der Waals surface area contributed by atoms with E-state index < -0.39 is 5.56 Å². The first kappa shape index (κ1) is 18.7. The lowest BCUT2D eigenvalue weighted by atomic mass is 10.2. The minimum Gasteiger partial charge on any atom is -0.352 e. The maximum Gasteiger partial charge on any atom is 0.275 e. The number of amides is 1. The molecule has 0 spiro atoms. The molecule has 136 valence electrons. The van der Waals surface area contributed by atoms with Gasteiger partial charge in [0.15, 0.2) is 5.69 Å². The molecule has 0 aliphatic heterocycles. The second-order valence-corrected chi connectivity index (χ2v) is 6.24. The van der Waals surface area contributed by atoms with Crippen molar-refractivity contribution in [1.82, 2.24) is 19.7 Å². The lowest BCUT2D eigenvalue weighted by Gasteiger charge is -2.09. The summed E-state index contributed by atoms with van der Waals surface area (Å²) in [5, 5.41) is 16.3. The molecule has 7 nitrogen and oxygen atoms in total. The van der Waals surface area contributed by atoms with Crippen LogP contribution in [-0.4, -0.2) is 26.8 Å². The Hall–Kier alpha value is -3.08. The molecule has 0 bridgehead atoms. The Morgan fingerprint density at radius 2 is 1.89 bits per heavy atom. The maximum absolute atomic E-state index is 12.2. The molecule has 0 atom stereocenters. The Morgan fingerprint density at radius 3 is 2.52 bits per heavy atom. The van der Waals surface area contributed by atoms with E-state index in [1.807, 2.05) is 6.07 Å². The van der Waals surface area contributed by atoms with Crippen LogP contribution < -0.4 is 10.9 Å². The molecular formula is C18H13Cl2N5O2. The molecule has 0 aliphatic carbocycles. The minimum absolute atomic E-state index is 0.0614. The van der Waals surface area contributed by atoms with Gasteiger partial charge in [-0.3, -0.25) is 14.2 Å². The fourth-order valence-corrected chi connectivity index (χ4v) is 2.81. The van der Waals surface area contributed by atoms with Crippen LogP contribution in [0.5, 0.6) is 0 Å². The Labute approximate surface area is 164 Å². The average Bonchev–Trinajstić information content (AvgIpc) is 3.11. The highest BCUT2D eigenvalue weighted by Gasteiger charge is 2.18. The molecule has 27 heavy (non-hydrogen) atoms. The number of nitrogens with one attached hydrogen (secondary N) is 1. The van der Waals surface area contributed by atoms with Gasteiger partial charge in [-0.25, -0.2) is 4.68 Å². The van der Waals surface area contributed by atoms with Crippen LogP contribution in [-0.2, 0) is 0 Å². The molecule has 0 saturated heterocycles. The molecule has 1 amide bonds. The number of hydrogen-bond donors (Lipinski definition) is 1. The summed E-state index contributed by atoms with van der Waals surface area (Å²) < 4.78 is 2.72. The van der Waals surface area contributed by atoms with E-state index >= 15 is 0 Å². The smallest absolute Gasteiger partial charge is 0.275 e. The summed E-state index contributed by atoms with van der Waals surface area (Å²) in [5.74, 6) is -0.362. The van der Waals surface area contributed by atoms with Crippen molar-refractivity contribution in [2.75, 3.05) is 6.54 Å². The number of carbonyl (C=O) groups excluding carboxylic acids is 1. The largest absolute Gasteiger partial charge is 0.352 e. The van der Waals surface area contributed by atoms with Crippen LogP contribution in [0.2, 0.25) is 10.0 Å². The first-order chi connectivity index (χ1) is 13.0. The van der Waals surface area contributed by atoms with Gasteiger partial charge in [-0.2, -0.15) is 10.4 Å². The average molecular weight is 402 g/mol. The number of hydrogen-bond acceptors (Lipinski definition) is 4. The summed E-state index contributed by atoms with van der Waals surface area (Å²) in [7, 11) is 0. The molecule has 0 fully saturated rings. The Balaban J connectivity index is 2.00. The third-order valence-corrected chi connectivity index (χ3v) is 4.59. The topological polar surface area (TPSA) is 92.7 Å². The van der Waals surface area contributed by atoms with Crippen LogP contribution in [0.1, 0.15) is 23.0 Å². The highest BCUT2D eigenvalue weighted by atomic mass is 35.5. The molecule has 0 saturated carbocycles. The summed E-state index contributed by atoms with van der Waals surface area (Å²) in [6.07, 6.45) is 2.87. The quantitative estimate of drug-likeness (QED) is 0.726. The number of carbonyl (C=O) groups is 1. The minimum atomic E-state index is -0.438. The van der Waals surface area contributed by atoms with Gasteiger partial charge in [-0.1, -0.05) is 23.2 Å². The van der Waals surface area contributed by atoms with E-state index in [4.69, 9.17) is 23.2 Å². The number of nitriles is 1. The maximum atomic E-state index is 12.2. The first-order valence-corrected chi connectivity index (χ1v) is 8.67. The van der Waals surface area contributed by atoms with E-state index in [9.17, 15) is 14.9 Å². The number of aromatic nitrogens is 3. The van der Waals surface area contributed by atoms with Crippen molar-refractivity contribution in [3.05, 3.63) is 74.4 Å². The van der Waals surface area contributed by atoms with Crippen molar-refractivity contribution in [2.24, 2.45) is 0 Å². The number of nitrogens with zero attached hydrogens (tertiary/aromatic N) is 4. The SMILES string of the molecule is CCNC(=O)c1cnn(-c2ccc(-n3ccc(Cl)c(Cl)c3=O)cc2)c1C#N. The lowest BCUT2D eigenvalue weighted by molar-refractivity contribution is 0.0955. The zero-order chi connectivity index (χ0) is 19.6. The summed E-state index contributed by atoms with van der Waals surface area (Å²) >= 11 is 11.7. The van der Waals surface area contributed by atoms with Crippen LogP contribution in [0.25, 0.3) is 11.4 Å². The van der Waals surface area contributed by atoms with Crippen molar-refractivity contribution < 1.29 is 4.79 Å². The van der Waals surface area contributed by atoms with Gasteiger partial charge in [-0.15, -0.1) is 0 Å². The van der Waals surface area contributed by atoms with Gasteiger partial charge in [-0.05, 0) is 37.3 Å². The van der Waals surface area contributed by atoms with Crippen LogP contribution in [0.15, 0.2) is 47.5 Å². The zero-order valence-corrected chi connectivity index (χ0v) is 15.6. The predicted molar refractivity (Wildman–Crippen MR) is 102 cm³/mol. The van der Waals surface area contributed by atoms with Crippen LogP contribution >= 0.6 is 23.2 Å². The van der Waals surface area contributed by atoms with Crippen molar-refractivity contribution >= 4 is 29.1 Å². The highest BCUT2D eigenvalue weighted by Crippen LogP contribution is 2.19. The molecule has 0 aliphatic rings.